The standard InChI is InChI=1S/C22H25N3O8S/c1-30-13-7-11(8-14(31-2)19(13)32-9-16(23)26)22(29)33-10-17(27)25-21-18(20(24)28)12-5-3-4-6-15(12)34-21/h7-8H,3-6,9-10H2,1-2H3,(H2,23,26)(H2,24,28)(H,25,27). The SMILES string of the molecule is COc1cc(C(=O)OCC(=O)Nc2sc3c(c2C(N)=O)CCCC3)cc(OC)c1OCC(N)=O. The number of ether oxygens (including phenoxy) is 4. The van der Waals surface area contributed by atoms with E-state index in [9.17, 15) is 19.2 Å². The van der Waals surface area contributed by atoms with Crippen LogP contribution in [-0.2, 0) is 27.2 Å². The molecule has 1 aliphatic rings. The molecular formula is C22H25N3O8S. The summed E-state index contributed by atoms with van der Waals surface area (Å²) in [4.78, 5) is 49.0. The number of carbonyl (C=O) groups excluding carboxylic acids is 4. The zero-order chi connectivity index (χ0) is 24.8. The summed E-state index contributed by atoms with van der Waals surface area (Å²) in [7, 11) is 2.68. The maximum Gasteiger partial charge on any atom is 0.338 e. The van der Waals surface area contributed by atoms with Crippen LogP contribution in [0.25, 0.3) is 0 Å². The molecule has 0 saturated carbocycles. The molecule has 0 atom stereocenters. The Morgan fingerprint density at radius 3 is 2.24 bits per heavy atom. The molecule has 1 aromatic carbocycles. The summed E-state index contributed by atoms with van der Waals surface area (Å²) in [6.45, 7) is -1.01. The highest BCUT2D eigenvalue weighted by Gasteiger charge is 2.25. The number of aryl methyl sites for hydroxylation is 1. The van der Waals surface area contributed by atoms with Gasteiger partial charge in [0.05, 0.1) is 25.3 Å². The molecule has 0 spiro atoms. The molecule has 0 bridgehead atoms. The lowest BCUT2D eigenvalue weighted by molar-refractivity contribution is -0.120. The first kappa shape index (κ1) is 24.8. The molecule has 1 aromatic heterocycles. The van der Waals surface area contributed by atoms with Gasteiger partial charge in [-0.15, -0.1) is 11.3 Å². The van der Waals surface area contributed by atoms with Crippen molar-refractivity contribution in [3.05, 3.63) is 33.7 Å². The minimum atomic E-state index is -0.825. The van der Waals surface area contributed by atoms with E-state index >= 15 is 0 Å². The largest absolute Gasteiger partial charge is 0.493 e. The number of anilines is 1. The number of benzene rings is 1. The Bertz CT molecular complexity index is 1100. The van der Waals surface area contributed by atoms with Crippen LogP contribution >= 0.6 is 11.3 Å². The molecule has 2 aromatic rings. The highest BCUT2D eigenvalue weighted by atomic mass is 32.1. The summed E-state index contributed by atoms with van der Waals surface area (Å²) in [5, 5.41) is 2.99. The molecular weight excluding hydrogens is 466 g/mol. The minimum Gasteiger partial charge on any atom is -0.493 e. The third-order valence-corrected chi connectivity index (χ3v) is 6.27. The van der Waals surface area contributed by atoms with Crippen LogP contribution in [0.5, 0.6) is 17.2 Å². The predicted molar refractivity (Wildman–Crippen MR) is 123 cm³/mol. The van der Waals surface area contributed by atoms with E-state index in [1.54, 1.807) is 0 Å². The number of rotatable bonds is 10. The van der Waals surface area contributed by atoms with Gasteiger partial charge in [0.15, 0.2) is 24.7 Å². The molecule has 182 valence electrons. The molecule has 5 N–H and O–H groups in total. The summed E-state index contributed by atoms with van der Waals surface area (Å²) in [6, 6.07) is 2.63. The van der Waals surface area contributed by atoms with Gasteiger partial charge < -0.3 is 35.7 Å². The van der Waals surface area contributed by atoms with Gasteiger partial charge in [0.2, 0.25) is 5.75 Å². The number of methoxy groups -OCH3 is 2. The average molecular weight is 492 g/mol. The molecule has 0 unspecified atom stereocenters. The van der Waals surface area contributed by atoms with Crippen molar-refractivity contribution in [2.45, 2.75) is 25.7 Å². The van der Waals surface area contributed by atoms with E-state index in [2.05, 4.69) is 5.32 Å². The Morgan fingerprint density at radius 1 is 1.00 bits per heavy atom. The number of hydrogen-bond donors (Lipinski definition) is 3. The number of nitrogens with one attached hydrogen (secondary N) is 1. The lowest BCUT2D eigenvalue weighted by Crippen LogP contribution is -2.23. The number of esters is 1. The zero-order valence-corrected chi connectivity index (χ0v) is 19.5. The van der Waals surface area contributed by atoms with Crippen molar-refractivity contribution in [3.8, 4) is 17.2 Å². The highest BCUT2D eigenvalue weighted by Crippen LogP contribution is 2.39. The van der Waals surface area contributed by atoms with Gasteiger partial charge in [-0.1, -0.05) is 0 Å². The van der Waals surface area contributed by atoms with Crippen molar-refractivity contribution >= 4 is 40.0 Å². The minimum absolute atomic E-state index is 0.0253. The maximum atomic E-state index is 12.5. The smallest absolute Gasteiger partial charge is 0.338 e. The molecule has 0 fully saturated rings. The van der Waals surface area contributed by atoms with Crippen LogP contribution in [0.4, 0.5) is 5.00 Å². The number of amides is 3. The van der Waals surface area contributed by atoms with Gasteiger partial charge in [0, 0.05) is 4.88 Å². The second-order valence-corrected chi connectivity index (χ2v) is 8.47. The van der Waals surface area contributed by atoms with Gasteiger partial charge in [-0.3, -0.25) is 14.4 Å². The monoisotopic (exact) mass is 491 g/mol. The third-order valence-electron chi connectivity index (χ3n) is 5.06. The Morgan fingerprint density at radius 2 is 1.65 bits per heavy atom. The van der Waals surface area contributed by atoms with Crippen molar-refractivity contribution in [3.63, 3.8) is 0 Å². The van der Waals surface area contributed by atoms with Crippen molar-refractivity contribution in [1.29, 1.82) is 0 Å². The van der Waals surface area contributed by atoms with Crippen LogP contribution in [0.2, 0.25) is 0 Å². The van der Waals surface area contributed by atoms with Gasteiger partial charge in [0.25, 0.3) is 17.7 Å². The number of thiophene rings is 1. The van der Waals surface area contributed by atoms with E-state index in [-0.39, 0.29) is 22.8 Å². The number of nitrogens with two attached hydrogens (primary N) is 2. The number of fused-ring (bicyclic) bond motifs is 1. The molecule has 3 amide bonds. The maximum absolute atomic E-state index is 12.5. The van der Waals surface area contributed by atoms with Crippen molar-refractivity contribution < 1.29 is 38.1 Å². The normalized spacial score (nSPS) is 12.3. The van der Waals surface area contributed by atoms with Crippen LogP contribution in [-0.4, -0.2) is 51.1 Å². The number of carbonyl (C=O) groups is 4. The van der Waals surface area contributed by atoms with E-state index in [0.29, 0.717) is 10.6 Å². The molecule has 1 heterocycles. The molecule has 3 rings (SSSR count). The first-order valence-electron chi connectivity index (χ1n) is 10.3. The van der Waals surface area contributed by atoms with Gasteiger partial charge in [-0.25, -0.2) is 4.79 Å². The zero-order valence-electron chi connectivity index (χ0n) is 18.7. The van der Waals surface area contributed by atoms with Gasteiger partial charge in [0.1, 0.15) is 5.00 Å². The number of primary amides is 2. The molecule has 34 heavy (non-hydrogen) atoms. The summed E-state index contributed by atoms with van der Waals surface area (Å²) in [5.74, 6) is -2.46. The topological polar surface area (TPSA) is 169 Å². The van der Waals surface area contributed by atoms with Crippen LogP contribution in [0.3, 0.4) is 0 Å². The first-order valence-corrected chi connectivity index (χ1v) is 11.1. The fourth-order valence-electron chi connectivity index (χ4n) is 3.58. The first-order chi connectivity index (χ1) is 16.2. The Kier molecular flexibility index (Phi) is 7.95. The van der Waals surface area contributed by atoms with E-state index in [1.807, 2.05) is 0 Å². The van der Waals surface area contributed by atoms with Crippen molar-refractivity contribution in [2.75, 3.05) is 32.8 Å². The lowest BCUT2D eigenvalue weighted by Gasteiger charge is -2.15. The van der Waals surface area contributed by atoms with E-state index in [0.717, 1.165) is 36.1 Å². The fraction of sp³-hybridized carbons (Fsp3) is 0.364. The fourth-order valence-corrected chi connectivity index (χ4v) is 4.89. The quantitative estimate of drug-likeness (QED) is 0.419. The van der Waals surface area contributed by atoms with Crippen LogP contribution in [0, 0.1) is 0 Å². The Balaban J connectivity index is 1.70. The molecule has 0 radical (unpaired) electrons. The van der Waals surface area contributed by atoms with Crippen LogP contribution in [0.15, 0.2) is 12.1 Å². The summed E-state index contributed by atoms with van der Waals surface area (Å²) < 4.78 is 20.8. The lowest BCUT2D eigenvalue weighted by atomic mass is 9.95. The highest BCUT2D eigenvalue weighted by molar-refractivity contribution is 7.17. The molecule has 0 saturated heterocycles. The summed E-state index contributed by atoms with van der Waals surface area (Å²) in [6.07, 6.45) is 3.52. The van der Waals surface area contributed by atoms with E-state index < -0.39 is 36.9 Å². The third kappa shape index (κ3) is 5.57. The average Bonchev–Trinajstić information content (AvgIpc) is 3.18. The number of hydrogen-bond acceptors (Lipinski definition) is 9. The van der Waals surface area contributed by atoms with Gasteiger partial charge >= 0.3 is 5.97 Å². The molecule has 0 aliphatic heterocycles. The van der Waals surface area contributed by atoms with E-state index in [4.69, 9.17) is 30.4 Å². The second kappa shape index (κ2) is 10.9. The van der Waals surface area contributed by atoms with Crippen molar-refractivity contribution in [1.82, 2.24) is 0 Å². The van der Waals surface area contributed by atoms with Crippen molar-refractivity contribution in [2.24, 2.45) is 11.5 Å². The second-order valence-electron chi connectivity index (χ2n) is 7.37. The van der Waals surface area contributed by atoms with Gasteiger partial charge in [-0.2, -0.15) is 0 Å². The Hall–Kier alpha value is -3.80. The van der Waals surface area contributed by atoms with Gasteiger partial charge in [-0.05, 0) is 43.4 Å². The van der Waals surface area contributed by atoms with Crippen LogP contribution < -0.4 is 31.0 Å². The predicted octanol–water partition coefficient (Wildman–Crippen LogP) is 1.40. The van der Waals surface area contributed by atoms with E-state index in [1.165, 1.54) is 37.7 Å². The summed E-state index contributed by atoms with van der Waals surface area (Å²) in [5.41, 5.74) is 11.9. The van der Waals surface area contributed by atoms with Crippen LogP contribution in [0.1, 0.15) is 44.0 Å². The molecule has 1 aliphatic carbocycles. The Labute approximate surface area is 199 Å². The summed E-state index contributed by atoms with van der Waals surface area (Å²) >= 11 is 1.31. The molecule has 11 nitrogen and oxygen atoms in total. The molecule has 12 heteroatoms.